The van der Waals surface area contributed by atoms with Crippen molar-refractivity contribution in [2.45, 2.75) is 117 Å². The molecule has 194 valence electrons. The van der Waals surface area contributed by atoms with Crippen molar-refractivity contribution >= 4 is 0 Å². The Hall–Kier alpha value is -0.200. The van der Waals surface area contributed by atoms with Gasteiger partial charge in [-0.15, -0.1) is 0 Å². The SMILES string of the molecule is CCCCCCCCN(CCOCCOCC(C)(C)N(CCCC)CCCO)C(C)(C)C. The van der Waals surface area contributed by atoms with Crippen LogP contribution in [0.5, 0.6) is 0 Å². The molecular weight excluding hydrogens is 400 g/mol. The summed E-state index contributed by atoms with van der Waals surface area (Å²) in [5.74, 6) is 0. The van der Waals surface area contributed by atoms with Gasteiger partial charge in [-0.3, -0.25) is 9.80 Å². The number of ether oxygens (including phenoxy) is 2. The minimum Gasteiger partial charge on any atom is -0.396 e. The van der Waals surface area contributed by atoms with Gasteiger partial charge in [-0.1, -0.05) is 52.4 Å². The zero-order chi connectivity index (χ0) is 24.3. The molecule has 0 radical (unpaired) electrons. The number of rotatable bonds is 22. The van der Waals surface area contributed by atoms with Crippen LogP contribution in [0.4, 0.5) is 0 Å². The monoisotopic (exact) mass is 458 g/mol. The van der Waals surface area contributed by atoms with Crippen molar-refractivity contribution < 1.29 is 14.6 Å². The molecule has 0 aliphatic heterocycles. The second-order valence-corrected chi connectivity index (χ2v) is 10.8. The summed E-state index contributed by atoms with van der Waals surface area (Å²) in [6.07, 6.45) is 11.2. The molecule has 0 saturated heterocycles. The third-order valence-electron chi connectivity index (χ3n) is 6.29. The fourth-order valence-corrected chi connectivity index (χ4v) is 4.00. The maximum Gasteiger partial charge on any atom is 0.0701 e. The third kappa shape index (κ3) is 16.4. The Balaban J connectivity index is 4.11. The quantitative estimate of drug-likeness (QED) is 0.209. The van der Waals surface area contributed by atoms with E-state index in [1.165, 1.54) is 51.4 Å². The van der Waals surface area contributed by atoms with E-state index in [9.17, 15) is 5.11 Å². The first-order valence-corrected chi connectivity index (χ1v) is 13.5. The first kappa shape index (κ1) is 31.8. The molecule has 5 nitrogen and oxygen atoms in total. The lowest BCUT2D eigenvalue weighted by molar-refractivity contribution is -0.0193. The van der Waals surface area contributed by atoms with Crippen molar-refractivity contribution in [3.8, 4) is 0 Å². The van der Waals surface area contributed by atoms with Crippen molar-refractivity contribution in [1.82, 2.24) is 9.80 Å². The Morgan fingerprint density at radius 1 is 0.594 bits per heavy atom. The fourth-order valence-electron chi connectivity index (χ4n) is 4.00. The molecule has 0 fully saturated rings. The smallest absolute Gasteiger partial charge is 0.0701 e. The highest BCUT2D eigenvalue weighted by molar-refractivity contribution is 4.81. The highest BCUT2D eigenvalue weighted by atomic mass is 16.5. The molecule has 5 heteroatoms. The van der Waals surface area contributed by atoms with Crippen LogP contribution in [0.15, 0.2) is 0 Å². The van der Waals surface area contributed by atoms with Crippen LogP contribution in [0.1, 0.15) is 106 Å². The average Bonchev–Trinajstić information content (AvgIpc) is 2.72. The van der Waals surface area contributed by atoms with E-state index in [1.807, 2.05) is 0 Å². The van der Waals surface area contributed by atoms with Crippen molar-refractivity contribution in [1.29, 1.82) is 0 Å². The zero-order valence-corrected chi connectivity index (χ0v) is 22.9. The summed E-state index contributed by atoms with van der Waals surface area (Å²) in [4.78, 5) is 5.01. The number of aliphatic hydroxyl groups is 1. The van der Waals surface area contributed by atoms with Crippen LogP contribution in [0.25, 0.3) is 0 Å². The molecule has 0 aromatic rings. The van der Waals surface area contributed by atoms with E-state index in [2.05, 4.69) is 58.3 Å². The molecule has 0 unspecified atom stereocenters. The maximum atomic E-state index is 9.21. The van der Waals surface area contributed by atoms with Crippen molar-refractivity contribution in [3.63, 3.8) is 0 Å². The van der Waals surface area contributed by atoms with Crippen LogP contribution in [0, 0.1) is 0 Å². The molecule has 0 aliphatic rings. The van der Waals surface area contributed by atoms with E-state index in [1.54, 1.807) is 0 Å². The molecule has 0 rings (SSSR count). The number of aliphatic hydroxyl groups excluding tert-OH is 1. The number of nitrogens with zero attached hydrogens (tertiary/aromatic N) is 2. The highest BCUT2D eigenvalue weighted by Crippen LogP contribution is 2.17. The Morgan fingerprint density at radius 2 is 1.16 bits per heavy atom. The summed E-state index contributed by atoms with van der Waals surface area (Å²) in [5, 5.41) is 9.21. The van der Waals surface area contributed by atoms with Crippen LogP contribution in [-0.4, -0.2) is 85.2 Å². The fraction of sp³-hybridized carbons (Fsp3) is 1.00. The Labute approximate surface area is 201 Å². The first-order chi connectivity index (χ1) is 15.2. The summed E-state index contributed by atoms with van der Waals surface area (Å²) >= 11 is 0. The van der Waals surface area contributed by atoms with Crippen molar-refractivity contribution in [2.75, 3.05) is 59.2 Å². The highest BCUT2D eigenvalue weighted by Gasteiger charge is 2.26. The minimum absolute atomic E-state index is 0.0233. The molecule has 0 amide bonds. The zero-order valence-electron chi connectivity index (χ0n) is 22.9. The molecule has 0 saturated carbocycles. The molecule has 0 aromatic carbocycles. The van der Waals surface area contributed by atoms with Gasteiger partial charge in [0.1, 0.15) is 0 Å². The molecule has 0 aliphatic carbocycles. The van der Waals surface area contributed by atoms with Gasteiger partial charge in [0.05, 0.1) is 26.4 Å². The van der Waals surface area contributed by atoms with Crippen molar-refractivity contribution in [3.05, 3.63) is 0 Å². The summed E-state index contributed by atoms with van der Waals surface area (Å²) in [5.41, 5.74) is 0.161. The second kappa shape index (κ2) is 19.1. The molecule has 1 N–H and O–H groups in total. The van der Waals surface area contributed by atoms with E-state index in [0.29, 0.717) is 19.8 Å². The predicted octanol–water partition coefficient (Wildman–Crippen LogP) is 5.74. The minimum atomic E-state index is -0.0233. The van der Waals surface area contributed by atoms with Gasteiger partial charge in [-0.2, -0.15) is 0 Å². The van der Waals surface area contributed by atoms with E-state index in [-0.39, 0.29) is 17.7 Å². The molecule has 0 aromatic heterocycles. The standard InChI is InChI=1S/C27H58N2O3/c1-8-10-12-13-14-15-18-28(26(3,4)5)20-22-31-23-24-32-25-27(6,7)29(17-11-9-2)19-16-21-30/h30H,8-25H2,1-7H3. The number of hydrogen-bond donors (Lipinski definition) is 1. The van der Waals surface area contributed by atoms with Gasteiger partial charge in [-0.05, 0) is 67.0 Å². The summed E-state index contributed by atoms with van der Waals surface area (Å²) in [7, 11) is 0. The van der Waals surface area contributed by atoms with E-state index in [0.717, 1.165) is 39.2 Å². The normalized spacial score (nSPS) is 12.9. The molecular formula is C27H58N2O3. The van der Waals surface area contributed by atoms with E-state index < -0.39 is 0 Å². The van der Waals surface area contributed by atoms with Gasteiger partial charge in [0.15, 0.2) is 0 Å². The molecule has 32 heavy (non-hydrogen) atoms. The maximum absolute atomic E-state index is 9.21. The van der Waals surface area contributed by atoms with E-state index >= 15 is 0 Å². The second-order valence-electron chi connectivity index (χ2n) is 10.8. The van der Waals surface area contributed by atoms with Crippen LogP contribution < -0.4 is 0 Å². The van der Waals surface area contributed by atoms with Crippen LogP contribution in [0.3, 0.4) is 0 Å². The topological polar surface area (TPSA) is 45.2 Å². The van der Waals surface area contributed by atoms with Gasteiger partial charge in [-0.25, -0.2) is 0 Å². The van der Waals surface area contributed by atoms with Gasteiger partial charge < -0.3 is 14.6 Å². The van der Waals surface area contributed by atoms with Crippen LogP contribution >= 0.6 is 0 Å². The molecule has 0 bridgehead atoms. The molecule has 0 spiro atoms. The molecule has 0 atom stereocenters. The predicted molar refractivity (Wildman–Crippen MR) is 139 cm³/mol. The Kier molecular flexibility index (Phi) is 19.0. The van der Waals surface area contributed by atoms with E-state index in [4.69, 9.17) is 9.47 Å². The lowest BCUT2D eigenvalue weighted by atomic mass is 10.0. The lowest BCUT2D eigenvalue weighted by Gasteiger charge is -2.38. The summed E-state index contributed by atoms with van der Waals surface area (Å²) in [6.45, 7) is 23.0. The van der Waals surface area contributed by atoms with Gasteiger partial charge in [0, 0.05) is 30.8 Å². The number of hydrogen-bond acceptors (Lipinski definition) is 5. The van der Waals surface area contributed by atoms with Crippen LogP contribution in [0.2, 0.25) is 0 Å². The lowest BCUT2D eigenvalue weighted by Crippen LogP contribution is -2.48. The van der Waals surface area contributed by atoms with Crippen LogP contribution in [-0.2, 0) is 9.47 Å². The Morgan fingerprint density at radius 3 is 1.78 bits per heavy atom. The largest absolute Gasteiger partial charge is 0.396 e. The average molecular weight is 459 g/mol. The van der Waals surface area contributed by atoms with Gasteiger partial charge in [0.25, 0.3) is 0 Å². The van der Waals surface area contributed by atoms with Gasteiger partial charge in [0.2, 0.25) is 0 Å². The first-order valence-electron chi connectivity index (χ1n) is 13.5. The number of unbranched alkanes of at least 4 members (excludes halogenated alkanes) is 6. The molecule has 0 heterocycles. The van der Waals surface area contributed by atoms with Gasteiger partial charge >= 0.3 is 0 Å². The Bertz CT molecular complexity index is 402. The van der Waals surface area contributed by atoms with Crippen molar-refractivity contribution in [2.24, 2.45) is 0 Å². The summed E-state index contributed by atoms with van der Waals surface area (Å²) in [6, 6.07) is 0. The summed E-state index contributed by atoms with van der Waals surface area (Å²) < 4.78 is 11.9. The third-order valence-corrected chi connectivity index (χ3v) is 6.29.